The Labute approximate surface area is 175 Å². The fourth-order valence-electron chi connectivity index (χ4n) is 1.60. The van der Waals surface area contributed by atoms with E-state index in [1.54, 1.807) is 13.8 Å². The summed E-state index contributed by atoms with van der Waals surface area (Å²) in [6.45, 7) is 3.36. The second kappa shape index (κ2) is 19.9. The number of hydrogen-bond acceptors (Lipinski definition) is 0. The number of hydrogen-bond donors (Lipinski definition) is 0. The van der Waals surface area contributed by atoms with Crippen LogP contribution in [0.15, 0.2) is 35.5 Å². The second-order valence-corrected chi connectivity index (χ2v) is 4.25. The largest absolute Gasteiger partial charge is 2.00 e. The van der Waals surface area contributed by atoms with Gasteiger partial charge in [0.2, 0.25) is 0 Å². The van der Waals surface area contributed by atoms with Crippen molar-refractivity contribution in [1.82, 2.24) is 0 Å². The average Bonchev–Trinajstić information content (AvgIpc) is 2.41. The van der Waals surface area contributed by atoms with Gasteiger partial charge in [-0.05, 0) is 0 Å². The minimum Gasteiger partial charge on any atom is -0.876 e. The van der Waals surface area contributed by atoms with Crippen molar-refractivity contribution in [3.8, 4) is 0 Å². The van der Waals surface area contributed by atoms with E-state index < -0.39 is 0 Å². The van der Waals surface area contributed by atoms with E-state index in [0.717, 1.165) is 36.8 Å². The number of nitrogens with zero attached hydrogens (tertiary/aromatic N) is 2. The molecule has 0 amide bonds. The standard InChI is InChI=1S/2C8H9N.CH4.2B.2W/c2*1-7(9)8-5-3-2-4-6-8;;;;;/h3,6H,2,4H2,1H3;3,5H,2,4H2,1H3;1H4;;;;/q2*-2;;;;2*+2. The summed E-state index contributed by atoms with van der Waals surface area (Å²) in [6.07, 6.45) is 18.0. The van der Waals surface area contributed by atoms with Crippen LogP contribution in [0, 0.1) is 12.2 Å². The molecule has 2 aliphatic carbocycles. The summed E-state index contributed by atoms with van der Waals surface area (Å²) in [7, 11) is 0. The number of rotatable bonds is 2. The molecule has 0 unspecified atom stereocenters. The van der Waals surface area contributed by atoms with Crippen LogP contribution in [0.3, 0.4) is 0 Å². The van der Waals surface area contributed by atoms with E-state index in [0.29, 0.717) is 11.4 Å². The van der Waals surface area contributed by atoms with Gasteiger partial charge in [0.15, 0.2) is 0 Å². The minimum absolute atomic E-state index is 0. The Balaban J connectivity index is -0.0000000771. The van der Waals surface area contributed by atoms with Crippen LogP contribution in [0.25, 0.3) is 10.8 Å². The van der Waals surface area contributed by atoms with Gasteiger partial charge in [-0.2, -0.15) is 18.2 Å². The van der Waals surface area contributed by atoms with Crippen molar-refractivity contribution in [2.75, 3.05) is 0 Å². The Morgan fingerprint density at radius 2 is 1.61 bits per heavy atom. The summed E-state index contributed by atoms with van der Waals surface area (Å²) >= 11 is 0. The van der Waals surface area contributed by atoms with E-state index in [4.69, 9.17) is 10.8 Å². The van der Waals surface area contributed by atoms with Crippen LogP contribution in [0.2, 0.25) is 0 Å². The fourth-order valence-corrected chi connectivity index (χ4v) is 1.60. The van der Waals surface area contributed by atoms with Crippen molar-refractivity contribution in [1.29, 1.82) is 0 Å². The maximum Gasteiger partial charge on any atom is 2.00 e. The van der Waals surface area contributed by atoms with E-state index in [2.05, 4.69) is 12.2 Å². The predicted molar refractivity (Wildman–Crippen MR) is 96.6 cm³/mol. The molecule has 0 heterocycles. The van der Waals surface area contributed by atoms with Gasteiger partial charge in [-0.3, -0.25) is 11.4 Å². The molecule has 2 rings (SSSR count). The van der Waals surface area contributed by atoms with Gasteiger partial charge in [-0.15, -0.1) is 26.0 Å². The second-order valence-electron chi connectivity index (χ2n) is 4.25. The third-order valence-corrected chi connectivity index (χ3v) is 2.61. The maximum atomic E-state index is 8.94. The van der Waals surface area contributed by atoms with Crippen molar-refractivity contribution in [3.63, 3.8) is 0 Å². The van der Waals surface area contributed by atoms with Crippen molar-refractivity contribution < 1.29 is 42.1 Å². The van der Waals surface area contributed by atoms with Gasteiger partial charge >= 0.3 is 42.1 Å². The fraction of sp³-hybridized carbons (Fsp3) is 0.412. The summed E-state index contributed by atoms with van der Waals surface area (Å²) in [5.74, 6) is 0. The summed E-state index contributed by atoms with van der Waals surface area (Å²) < 4.78 is 0. The summed E-state index contributed by atoms with van der Waals surface area (Å²) in [5, 5.41) is 17.9. The molecule has 6 radical (unpaired) electrons. The van der Waals surface area contributed by atoms with E-state index in [-0.39, 0.29) is 66.4 Å². The van der Waals surface area contributed by atoms with E-state index in [9.17, 15) is 0 Å². The Kier molecular flexibility index (Phi) is 29.5. The molecule has 23 heavy (non-hydrogen) atoms. The molecule has 0 spiro atoms. The molecule has 0 saturated carbocycles. The third-order valence-electron chi connectivity index (χ3n) is 2.61. The van der Waals surface area contributed by atoms with Gasteiger partial charge < -0.3 is 10.8 Å². The van der Waals surface area contributed by atoms with Gasteiger partial charge in [0.25, 0.3) is 0 Å². The van der Waals surface area contributed by atoms with Gasteiger partial charge in [0, 0.05) is 16.8 Å². The molecule has 0 aromatic heterocycles. The minimum atomic E-state index is 0. The van der Waals surface area contributed by atoms with E-state index >= 15 is 0 Å². The Hall–Kier alpha value is -0.194. The van der Waals surface area contributed by atoms with Crippen LogP contribution in [-0.2, 0) is 42.1 Å². The quantitative estimate of drug-likeness (QED) is 0.248. The smallest absolute Gasteiger partial charge is 0.876 e. The van der Waals surface area contributed by atoms with Crippen molar-refractivity contribution in [2.45, 2.75) is 47.0 Å². The zero-order chi connectivity index (χ0) is 13.4. The average molecular weight is 644 g/mol. The Morgan fingerprint density at radius 1 is 1.00 bits per heavy atom. The molecule has 6 heteroatoms. The van der Waals surface area contributed by atoms with E-state index in [1.165, 1.54) is 0 Å². The van der Waals surface area contributed by atoms with Crippen LogP contribution < -0.4 is 0 Å². The first-order valence-electron chi connectivity index (χ1n) is 6.22. The number of allylic oxidation sites excluding steroid dienone is 8. The molecule has 0 bridgehead atoms. The van der Waals surface area contributed by atoms with Crippen molar-refractivity contribution >= 4 is 28.2 Å². The molecule has 0 aromatic carbocycles. The SMILES string of the molecule is C.CC(=[N-])C1=CCCC=[C-]1.CC(=[N-])C1=[C-]CCC=C1.[B].[B].[W+2].[W+2]. The van der Waals surface area contributed by atoms with Gasteiger partial charge in [-0.1, -0.05) is 33.1 Å². The van der Waals surface area contributed by atoms with Gasteiger partial charge in [-0.25, -0.2) is 17.2 Å². The molecule has 2 nitrogen and oxygen atoms in total. The van der Waals surface area contributed by atoms with Crippen LogP contribution in [-0.4, -0.2) is 28.2 Å². The molecule has 118 valence electrons. The summed E-state index contributed by atoms with van der Waals surface area (Å²) in [4.78, 5) is 0. The maximum absolute atomic E-state index is 8.94. The normalized spacial score (nSPS) is 13.5. The molecule has 0 atom stereocenters. The molecule has 0 saturated heterocycles. The molecular formula is C17H22B2N2W2. The molecular weight excluding hydrogens is 622 g/mol. The van der Waals surface area contributed by atoms with Crippen molar-refractivity contribution in [2.24, 2.45) is 0 Å². The molecule has 2 aliphatic rings. The van der Waals surface area contributed by atoms with Crippen LogP contribution >= 0.6 is 0 Å². The summed E-state index contributed by atoms with van der Waals surface area (Å²) in [6, 6.07) is 0. The van der Waals surface area contributed by atoms with Gasteiger partial charge in [0.05, 0.1) is 0 Å². The van der Waals surface area contributed by atoms with Crippen molar-refractivity contribution in [3.05, 3.63) is 58.4 Å². The zero-order valence-corrected chi connectivity index (χ0v) is 18.9. The predicted octanol–water partition coefficient (Wildman–Crippen LogP) is 4.06. The molecule has 0 aromatic rings. The van der Waals surface area contributed by atoms with Crippen LogP contribution in [0.1, 0.15) is 47.0 Å². The van der Waals surface area contributed by atoms with Gasteiger partial charge in [0.1, 0.15) is 0 Å². The molecule has 0 N–H and O–H groups in total. The first kappa shape index (κ1) is 34.2. The van der Waals surface area contributed by atoms with Crippen LogP contribution in [0.5, 0.6) is 0 Å². The first-order valence-corrected chi connectivity index (χ1v) is 6.22. The summed E-state index contributed by atoms with van der Waals surface area (Å²) in [5.41, 5.74) is 2.43. The van der Waals surface area contributed by atoms with E-state index in [1.807, 2.05) is 24.3 Å². The first-order chi connectivity index (χ1) is 8.61. The Bertz CT molecular complexity index is 412. The topological polar surface area (TPSA) is 44.6 Å². The zero-order valence-electron chi connectivity index (χ0n) is 13.0. The molecule has 0 fully saturated rings. The Morgan fingerprint density at radius 3 is 1.87 bits per heavy atom. The van der Waals surface area contributed by atoms with Crippen LogP contribution in [0.4, 0.5) is 0 Å². The third kappa shape index (κ3) is 15.1. The monoisotopic (exact) mass is 644 g/mol. The molecule has 0 aliphatic heterocycles.